The summed E-state index contributed by atoms with van der Waals surface area (Å²) in [6.45, 7) is -0.419. The van der Waals surface area contributed by atoms with E-state index in [1.807, 2.05) is 0 Å². The number of halogens is 4. The minimum absolute atomic E-state index is 0.0501. The Bertz CT molecular complexity index is 1600. The molecule has 172 valence electrons. The van der Waals surface area contributed by atoms with Gasteiger partial charge in [0.05, 0.1) is 47.5 Å². The molecule has 0 saturated carbocycles. The number of para-hydroxylation sites is 2. The third kappa shape index (κ3) is 4.72. The second-order valence-electron chi connectivity index (χ2n) is 6.76. The summed E-state index contributed by atoms with van der Waals surface area (Å²) in [6, 6.07) is 14.2. The molecule has 0 saturated heterocycles. The zero-order valence-electron chi connectivity index (χ0n) is 16.3. The van der Waals surface area contributed by atoms with Crippen molar-refractivity contribution in [2.75, 3.05) is 0 Å². The van der Waals surface area contributed by atoms with Crippen molar-refractivity contribution in [1.29, 1.82) is 0 Å². The van der Waals surface area contributed by atoms with Crippen LogP contribution in [0.25, 0.3) is 11.0 Å². The fourth-order valence-electron chi connectivity index (χ4n) is 3.06. The number of benzene rings is 3. The Balaban J connectivity index is 1.78. The van der Waals surface area contributed by atoms with Gasteiger partial charge in [-0.15, -0.1) is 0 Å². The van der Waals surface area contributed by atoms with Crippen LogP contribution in [-0.4, -0.2) is 25.8 Å². The first kappa shape index (κ1) is 24.3. The van der Waals surface area contributed by atoms with Crippen molar-refractivity contribution >= 4 is 77.5 Å². The van der Waals surface area contributed by atoms with Crippen LogP contribution in [0.3, 0.4) is 0 Å². The topological polar surface area (TPSA) is 98.1 Å². The third-order valence-electron chi connectivity index (χ3n) is 4.64. The van der Waals surface area contributed by atoms with Gasteiger partial charge in [-0.3, -0.25) is 0 Å². The lowest BCUT2D eigenvalue weighted by molar-refractivity contribution is 0.573. The zero-order chi connectivity index (χ0) is 24.0. The molecular weight excluding hydrogens is 552 g/mol. The Kier molecular flexibility index (Phi) is 6.67. The monoisotopic (exact) mass is 563 g/mol. The predicted molar refractivity (Wildman–Crippen MR) is 129 cm³/mol. The summed E-state index contributed by atoms with van der Waals surface area (Å²) < 4.78 is 55.8. The average molecular weight is 565 g/mol. The van der Waals surface area contributed by atoms with E-state index in [0.29, 0.717) is 5.52 Å². The third-order valence-corrected chi connectivity index (χ3v) is 9.25. The smallest absolute Gasteiger partial charge is 0.231 e. The number of aromatic nitrogens is 2. The van der Waals surface area contributed by atoms with E-state index in [2.05, 4.69) is 9.71 Å². The van der Waals surface area contributed by atoms with Crippen LogP contribution < -0.4 is 4.72 Å². The maximum Gasteiger partial charge on any atom is 0.269 e. The first-order valence-corrected chi connectivity index (χ1v) is 13.6. The highest BCUT2D eigenvalue weighted by atomic mass is 35.5. The highest BCUT2D eigenvalue weighted by molar-refractivity contribution is 7.90. The van der Waals surface area contributed by atoms with E-state index in [0.717, 1.165) is 3.97 Å². The molecular formula is C20H13Cl4N3O4S2. The van der Waals surface area contributed by atoms with Crippen molar-refractivity contribution in [1.82, 2.24) is 13.7 Å². The maximum atomic E-state index is 13.5. The number of sulfonamides is 1. The SMILES string of the molecule is O=S(=O)(NCc1nc2ccccc2n1S(=O)(=O)c1ccc(Cl)c(Cl)c1)c1ccc(Cl)c(Cl)c1. The van der Waals surface area contributed by atoms with Gasteiger partial charge < -0.3 is 0 Å². The van der Waals surface area contributed by atoms with Gasteiger partial charge in [-0.25, -0.2) is 30.5 Å². The van der Waals surface area contributed by atoms with E-state index in [1.54, 1.807) is 24.3 Å². The molecule has 0 aliphatic carbocycles. The molecule has 0 spiro atoms. The van der Waals surface area contributed by atoms with Crippen molar-refractivity contribution in [2.45, 2.75) is 16.3 Å². The number of fused-ring (bicyclic) bond motifs is 1. The lowest BCUT2D eigenvalue weighted by Crippen LogP contribution is -2.26. The van der Waals surface area contributed by atoms with Crippen molar-refractivity contribution in [2.24, 2.45) is 0 Å². The van der Waals surface area contributed by atoms with Crippen LogP contribution in [0, 0.1) is 0 Å². The summed E-state index contributed by atoms with van der Waals surface area (Å²) in [5.74, 6) is -0.0501. The summed E-state index contributed by atoms with van der Waals surface area (Å²) in [5, 5.41) is 0.517. The summed E-state index contributed by atoms with van der Waals surface area (Å²) in [5.41, 5.74) is 0.636. The van der Waals surface area contributed by atoms with Crippen LogP contribution in [0.2, 0.25) is 20.1 Å². The second kappa shape index (κ2) is 9.07. The Morgan fingerprint density at radius 1 is 0.758 bits per heavy atom. The summed E-state index contributed by atoms with van der Waals surface area (Å²) >= 11 is 23.7. The molecule has 0 amide bonds. The van der Waals surface area contributed by atoms with Crippen LogP contribution in [0.15, 0.2) is 70.5 Å². The highest BCUT2D eigenvalue weighted by Gasteiger charge is 2.26. The van der Waals surface area contributed by atoms with Crippen LogP contribution in [-0.2, 0) is 26.6 Å². The van der Waals surface area contributed by atoms with Gasteiger partial charge >= 0.3 is 0 Å². The quantitative estimate of drug-likeness (QED) is 0.339. The van der Waals surface area contributed by atoms with Gasteiger partial charge in [0.1, 0.15) is 5.82 Å². The second-order valence-corrected chi connectivity index (χ2v) is 11.9. The number of nitrogens with one attached hydrogen (secondary N) is 1. The van der Waals surface area contributed by atoms with E-state index in [9.17, 15) is 16.8 Å². The van der Waals surface area contributed by atoms with Gasteiger partial charge in [-0.05, 0) is 48.5 Å². The summed E-state index contributed by atoms with van der Waals surface area (Å²) in [4.78, 5) is 4.06. The molecule has 0 atom stereocenters. The number of rotatable bonds is 6. The van der Waals surface area contributed by atoms with E-state index in [4.69, 9.17) is 46.4 Å². The van der Waals surface area contributed by atoms with Crippen LogP contribution in [0.4, 0.5) is 0 Å². The van der Waals surface area contributed by atoms with Crippen molar-refractivity contribution in [3.8, 4) is 0 Å². The van der Waals surface area contributed by atoms with Gasteiger partial charge in [0.2, 0.25) is 10.0 Å². The summed E-state index contributed by atoms with van der Waals surface area (Å²) in [6.07, 6.45) is 0. The molecule has 4 aromatic rings. The maximum absolute atomic E-state index is 13.5. The van der Waals surface area contributed by atoms with E-state index >= 15 is 0 Å². The average Bonchev–Trinajstić information content (AvgIpc) is 3.15. The van der Waals surface area contributed by atoms with E-state index in [1.165, 1.54) is 36.4 Å². The normalized spacial score (nSPS) is 12.4. The molecule has 0 fully saturated rings. The van der Waals surface area contributed by atoms with Gasteiger partial charge in [0.15, 0.2) is 0 Å². The molecule has 1 aromatic heterocycles. The Hall–Kier alpha value is -1.85. The molecule has 13 heteroatoms. The molecule has 33 heavy (non-hydrogen) atoms. The number of imidazole rings is 1. The first-order valence-electron chi connectivity index (χ1n) is 9.12. The standard InChI is InChI=1S/C20H13Cl4N3O4S2/c21-14-7-5-12(9-16(14)23)32(28,29)25-11-20-26-18-3-1-2-4-19(18)27(20)33(30,31)13-6-8-15(22)17(24)10-13/h1-10,25H,11H2. The molecule has 3 aromatic carbocycles. The van der Waals surface area contributed by atoms with Crippen LogP contribution in [0.1, 0.15) is 5.82 Å². The minimum atomic E-state index is -4.20. The molecule has 0 aliphatic heterocycles. The van der Waals surface area contributed by atoms with Crippen LogP contribution in [0.5, 0.6) is 0 Å². The lowest BCUT2D eigenvalue weighted by Gasteiger charge is -2.12. The van der Waals surface area contributed by atoms with Gasteiger partial charge in [-0.1, -0.05) is 58.5 Å². The Morgan fingerprint density at radius 3 is 1.97 bits per heavy atom. The molecule has 0 aliphatic rings. The van der Waals surface area contributed by atoms with Gasteiger partial charge in [0.25, 0.3) is 10.0 Å². The number of hydrogen-bond acceptors (Lipinski definition) is 5. The predicted octanol–water partition coefficient (Wildman–Crippen LogP) is 5.37. The van der Waals surface area contributed by atoms with E-state index in [-0.39, 0.29) is 41.2 Å². The van der Waals surface area contributed by atoms with Gasteiger partial charge in [-0.2, -0.15) is 0 Å². The van der Waals surface area contributed by atoms with Crippen molar-refractivity contribution in [3.63, 3.8) is 0 Å². The molecule has 0 bridgehead atoms. The molecule has 4 rings (SSSR count). The van der Waals surface area contributed by atoms with Gasteiger partial charge in [0, 0.05) is 0 Å². The molecule has 7 nitrogen and oxygen atoms in total. The Morgan fingerprint density at radius 2 is 1.33 bits per heavy atom. The fourth-order valence-corrected chi connectivity index (χ4v) is 6.31. The zero-order valence-corrected chi connectivity index (χ0v) is 21.0. The fraction of sp³-hybridized carbons (Fsp3) is 0.0500. The largest absolute Gasteiger partial charge is 0.269 e. The highest BCUT2D eigenvalue weighted by Crippen LogP contribution is 2.29. The minimum Gasteiger partial charge on any atom is -0.231 e. The van der Waals surface area contributed by atoms with E-state index < -0.39 is 26.6 Å². The lowest BCUT2D eigenvalue weighted by atomic mass is 10.3. The first-order chi connectivity index (χ1) is 15.5. The number of nitrogens with zero attached hydrogens (tertiary/aromatic N) is 2. The van der Waals surface area contributed by atoms with Crippen LogP contribution >= 0.6 is 46.4 Å². The molecule has 0 radical (unpaired) electrons. The molecule has 0 unspecified atom stereocenters. The molecule has 1 N–H and O–H groups in total. The van der Waals surface area contributed by atoms with Crippen molar-refractivity contribution in [3.05, 3.63) is 86.6 Å². The number of hydrogen-bond donors (Lipinski definition) is 1. The summed E-state index contributed by atoms with van der Waals surface area (Å²) in [7, 11) is -8.25. The molecule has 1 heterocycles. The Labute approximate surface area is 210 Å². The van der Waals surface area contributed by atoms with Crippen molar-refractivity contribution < 1.29 is 16.8 Å².